The van der Waals surface area contributed by atoms with E-state index in [9.17, 15) is 0 Å². The molecule has 1 aliphatic heterocycles. The van der Waals surface area contributed by atoms with Crippen molar-refractivity contribution in [1.29, 1.82) is 0 Å². The Labute approximate surface area is 172 Å². The number of hydrogen-bond donors (Lipinski definition) is 2. The molecule has 0 amide bonds. The molecule has 0 radical (unpaired) electrons. The van der Waals surface area contributed by atoms with E-state index < -0.39 is 0 Å². The zero-order valence-electron chi connectivity index (χ0n) is 17.9. The molecule has 1 aliphatic rings. The van der Waals surface area contributed by atoms with Crippen LogP contribution in [0.5, 0.6) is 11.5 Å². The van der Waals surface area contributed by atoms with Gasteiger partial charge in [-0.25, -0.2) is 0 Å². The fourth-order valence-corrected chi connectivity index (χ4v) is 3.07. The van der Waals surface area contributed by atoms with Crippen molar-refractivity contribution >= 4 is 5.96 Å². The maximum Gasteiger partial charge on any atom is 0.191 e. The molecular weight excluding hydrogens is 368 g/mol. The van der Waals surface area contributed by atoms with E-state index in [0.29, 0.717) is 19.8 Å². The number of guanidine groups is 1. The molecule has 2 aromatic rings. The van der Waals surface area contributed by atoms with Crippen LogP contribution in [0.15, 0.2) is 29.5 Å². The van der Waals surface area contributed by atoms with Crippen LogP contribution in [-0.4, -0.2) is 52.6 Å². The van der Waals surface area contributed by atoms with Crippen LogP contribution >= 0.6 is 0 Å². The van der Waals surface area contributed by atoms with Crippen LogP contribution in [0.2, 0.25) is 0 Å². The molecule has 0 spiro atoms. The van der Waals surface area contributed by atoms with Crippen LogP contribution in [-0.2, 0) is 19.4 Å². The van der Waals surface area contributed by atoms with Gasteiger partial charge in [0.2, 0.25) is 0 Å². The minimum atomic E-state index is -0.0754. The molecular formula is C21H32N6O2. The average molecular weight is 401 g/mol. The van der Waals surface area contributed by atoms with Crippen LogP contribution in [0.1, 0.15) is 39.1 Å². The van der Waals surface area contributed by atoms with Crippen molar-refractivity contribution in [2.75, 3.05) is 26.3 Å². The van der Waals surface area contributed by atoms with Gasteiger partial charge >= 0.3 is 0 Å². The molecule has 158 valence electrons. The largest absolute Gasteiger partial charge is 0.486 e. The maximum absolute atomic E-state index is 5.67. The Kier molecular flexibility index (Phi) is 6.95. The van der Waals surface area contributed by atoms with Crippen molar-refractivity contribution in [2.45, 2.75) is 52.6 Å². The standard InChI is InChI=1S/C21H32N6O2/c1-5-19-26-24-15-27(19)11-10-23-20(25-21(2,3)4)22-9-8-16-6-7-17-18(14-16)29-13-12-28-17/h6-7,14-15H,5,8-13H2,1-4H3,(H2,22,23,25). The number of ether oxygens (including phenoxy) is 2. The number of aliphatic imine (C=N–C) groups is 1. The molecule has 1 aromatic heterocycles. The van der Waals surface area contributed by atoms with Gasteiger partial charge in [-0.1, -0.05) is 13.0 Å². The lowest BCUT2D eigenvalue weighted by Gasteiger charge is -2.24. The van der Waals surface area contributed by atoms with Crippen molar-refractivity contribution in [2.24, 2.45) is 4.99 Å². The Morgan fingerprint density at radius 3 is 2.76 bits per heavy atom. The lowest BCUT2D eigenvalue weighted by atomic mass is 10.1. The number of fused-ring (bicyclic) bond motifs is 1. The minimum absolute atomic E-state index is 0.0754. The molecule has 0 saturated heterocycles. The van der Waals surface area contributed by atoms with Crippen LogP contribution in [0.4, 0.5) is 0 Å². The average Bonchev–Trinajstić information content (AvgIpc) is 3.14. The van der Waals surface area contributed by atoms with Crippen LogP contribution in [0, 0.1) is 0 Å². The number of benzene rings is 1. The minimum Gasteiger partial charge on any atom is -0.486 e. The topological polar surface area (TPSA) is 85.6 Å². The summed E-state index contributed by atoms with van der Waals surface area (Å²) in [5.41, 5.74) is 1.11. The van der Waals surface area contributed by atoms with Crippen LogP contribution < -0.4 is 20.1 Å². The van der Waals surface area contributed by atoms with Crippen molar-refractivity contribution < 1.29 is 9.47 Å². The second-order valence-corrected chi connectivity index (χ2v) is 8.05. The molecule has 0 saturated carbocycles. The highest BCUT2D eigenvalue weighted by molar-refractivity contribution is 5.80. The number of nitrogens with zero attached hydrogens (tertiary/aromatic N) is 4. The Morgan fingerprint density at radius 1 is 1.21 bits per heavy atom. The van der Waals surface area contributed by atoms with Gasteiger partial charge in [0, 0.05) is 31.6 Å². The van der Waals surface area contributed by atoms with Gasteiger partial charge in [-0.3, -0.25) is 4.99 Å². The van der Waals surface area contributed by atoms with Crippen molar-refractivity contribution in [1.82, 2.24) is 25.4 Å². The number of aromatic nitrogens is 3. The van der Waals surface area contributed by atoms with Gasteiger partial charge in [0.15, 0.2) is 17.5 Å². The third kappa shape index (κ3) is 6.37. The van der Waals surface area contributed by atoms with Gasteiger partial charge in [-0.05, 0) is 44.9 Å². The summed E-state index contributed by atoms with van der Waals surface area (Å²) in [7, 11) is 0. The van der Waals surface area contributed by atoms with E-state index in [-0.39, 0.29) is 5.54 Å². The van der Waals surface area contributed by atoms with E-state index in [2.05, 4.69) is 59.2 Å². The highest BCUT2D eigenvalue weighted by Crippen LogP contribution is 2.30. The number of rotatable bonds is 7. The van der Waals surface area contributed by atoms with E-state index >= 15 is 0 Å². The van der Waals surface area contributed by atoms with Gasteiger partial charge in [0.1, 0.15) is 25.4 Å². The van der Waals surface area contributed by atoms with E-state index in [1.807, 2.05) is 12.1 Å². The third-order valence-electron chi connectivity index (χ3n) is 4.43. The van der Waals surface area contributed by atoms with E-state index in [1.54, 1.807) is 6.33 Å². The molecule has 0 unspecified atom stereocenters. The fourth-order valence-electron chi connectivity index (χ4n) is 3.07. The normalized spacial score (nSPS) is 14.0. The zero-order valence-corrected chi connectivity index (χ0v) is 17.9. The summed E-state index contributed by atoms with van der Waals surface area (Å²) in [6.45, 7) is 11.9. The van der Waals surface area contributed by atoms with Gasteiger partial charge in [-0.2, -0.15) is 0 Å². The predicted octanol–water partition coefficient (Wildman–Crippen LogP) is 2.19. The maximum atomic E-state index is 5.67. The Morgan fingerprint density at radius 2 is 2.00 bits per heavy atom. The predicted molar refractivity (Wildman–Crippen MR) is 114 cm³/mol. The van der Waals surface area contributed by atoms with Crippen molar-refractivity contribution in [3.8, 4) is 11.5 Å². The van der Waals surface area contributed by atoms with Crippen LogP contribution in [0.3, 0.4) is 0 Å². The number of nitrogens with one attached hydrogen (secondary N) is 2. The highest BCUT2D eigenvalue weighted by Gasteiger charge is 2.13. The number of hydrogen-bond acceptors (Lipinski definition) is 5. The monoisotopic (exact) mass is 400 g/mol. The van der Waals surface area contributed by atoms with Crippen molar-refractivity contribution in [3.05, 3.63) is 35.9 Å². The first-order chi connectivity index (χ1) is 13.9. The molecule has 1 aromatic carbocycles. The van der Waals surface area contributed by atoms with Gasteiger partial charge in [0.25, 0.3) is 0 Å². The fraction of sp³-hybridized carbons (Fsp3) is 0.571. The van der Waals surface area contributed by atoms with Gasteiger partial charge in [0.05, 0.1) is 0 Å². The quantitative estimate of drug-likeness (QED) is 0.547. The Bertz CT molecular complexity index is 825. The third-order valence-corrected chi connectivity index (χ3v) is 4.43. The second-order valence-electron chi connectivity index (χ2n) is 8.05. The van der Waals surface area contributed by atoms with Crippen molar-refractivity contribution in [3.63, 3.8) is 0 Å². The summed E-state index contributed by atoms with van der Waals surface area (Å²) >= 11 is 0. The first-order valence-electron chi connectivity index (χ1n) is 10.3. The lowest BCUT2D eigenvalue weighted by molar-refractivity contribution is 0.171. The second kappa shape index (κ2) is 9.62. The summed E-state index contributed by atoms with van der Waals surface area (Å²) < 4.78 is 13.3. The smallest absolute Gasteiger partial charge is 0.191 e. The molecule has 3 rings (SSSR count). The first kappa shape index (κ1) is 21.0. The summed E-state index contributed by atoms with van der Waals surface area (Å²) in [6.07, 6.45) is 3.48. The highest BCUT2D eigenvalue weighted by atomic mass is 16.6. The Balaban J connectivity index is 1.56. The Hall–Kier alpha value is -2.77. The zero-order chi connectivity index (χ0) is 20.7. The first-order valence-corrected chi connectivity index (χ1v) is 10.3. The van der Waals surface area contributed by atoms with Crippen LogP contribution in [0.25, 0.3) is 0 Å². The van der Waals surface area contributed by atoms with E-state index in [4.69, 9.17) is 14.5 Å². The summed E-state index contributed by atoms with van der Waals surface area (Å²) in [4.78, 5) is 4.76. The SMILES string of the molecule is CCc1nncn1CCNC(=NCCc1ccc2c(c1)OCCO2)NC(C)(C)C. The molecule has 0 bridgehead atoms. The molecule has 29 heavy (non-hydrogen) atoms. The summed E-state index contributed by atoms with van der Waals surface area (Å²) in [5.74, 6) is 3.44. The number of aryl methyl sites for hydroxylation is 1. The van der Waals surface area contributed by atoms with Gasteiger partial charge in [-0.15, -0.1) is 10.2 Å². The molecule has 0 atom stereocenters. The summed E-state index contributed by atoms with van der Waals surface area (Å²) in [6, 6.07) is 6.10. The molecule has 0 aliphatic carbocycles. The van der Waals surface area contributed by atoms with E-state index in [1.165, 1.54) is 5.56 Å². The molecule has 2 N–H and O–H groups in total. The molecule has 0 fully saturated rings. The summed E-state index contributed by atoms with van der Waals surface area (Å²) in [5, 5.41) is 15.0. The molecule has 2 heterocycles. The lowest BCUT2D eigenvalue weighted by Crippen LogP contribution is -2.48. The molecule has 8 nitrogen and oxygen atoms in total. The van der Waals surface area contributed by atoms with E-state index in [0.717, 1.165) is 49.2 Å². The van der Waals surface area contributed by atoms with Gasteiger partial charge < -0.3 is 24.7 Å². The molecule has 8 heteroatoms.